The van der Waals surface area contributed by atoms with Gasteiger partial charge in [-0.2, -0.15) is 4.72 Å². The van der Waals surface area contributed by atoms with Gasteiger partial charge in [-0.3, -0.25) is 4.79 Å². The van der Waals surface area contributed by atoms with Crippen molar-refractivity contribution in [3.8, 4) is 0 Å². The van der Waals surface area contributed by atoms with Crippen molar-refractivity contribution in [1.29, 1.82) is 0 Å². The summed E-state index contributed by atoms with van der Waals surface area (Å²) < 4.78 is 26.8. The highest BCUT2D eigenvalue weighted by molar-refractivity contribution is 7.89. The van der Waals surface area contributed by atoms with Crippen LogP contribution in [0.25, 0.3) is 0 Å². The number of carbonyl (C=O) groups is 1. The third-order valence-corrected chi connectivity index (χ3v) is 4.09. The van der Waals surface area contributed by atoms with E-state index in [9.17, 15) is 13.2 Å². The van der Waals surface area contributed by atoms with Crippen LogP contribution in [-0.4, -0.2) is 31.9 Å². The number of anilines is 1. The fourth-order valence-electron chi connectivity index (χ4n) is 1.61. The third kappa shape index (κ3) is 4.17. The molecule has 0 aliphatic heterocycles. The van der Waals surface area contributed by atoms with E-state index in [0.717, 1.165) is 0 Å². The van der Waals surface area contributed by atoms with Crippen molar-refractivity contribution in [1.82, 2.24) is 9.71 Å². The number of nitrogens with two attached hydrogens (primary N) is 1. The normalized spacial score (nSPS) is 13.2. The number of aromatic nitrogens is 1. The molecule has 1 unspecified atom stereocenters. The van der Waals surface area contributed by atoms with Crippen molar-refractivity contribution in [2.45, 2.75) is 31.7 Å². The molecular weight excluding hydrogens is 280 g/mol. The predicted molar refractivity (Wildman–Crippen MR) is 76.5 cm³/mol. The Hall–Kier alpha value is -1.67. The molecule has 20 heavy (non-hydrogen) atoms. The molecule has 0 saturated heterocycles. The summed E-state index contributed by atoms with van der Waals surface area (Å²) in [4.78, 5) is 15.3. The Morgan fingerprint density at radius 2 is 2.10 bits per heavy atom. The maximum atomic E-state index is 12.2. The molecule has 0 radical (unpaired) electrons. The van der Waals surface area contributed by atoms with Gasteiger partial charge in [-0.05, 0) is 18.9 Å². The predicted octanol–water partition coefficient (Wildman–Crippen LogP) is 0.302. The number of sulfonamides is 1. The van der Waals surface area contributed by atoms with Gasteiger partial charge in [-0.15, -0.1) is 0 Å². The lowest BCUT2D eigenvalue weighted by atomic mass is 10.1. The highest BCUT2D eigenvalue weighted by Gasteiger charge is 2.26. The molecule has 1 aromatic heterocycles. The Morgan fingerprint density at radius 1 is 1.45 bits per heavy atom. The summed E-state index contributed by atoms with van der Waals surface area (Å²) in [6.45, 7) is 5.94. The number of carbonyl (C=O) groups excluding carboxylic acids is 1. The van der Waals surface area contributed by atoms with Crippen molar-refractivity contribution in [3.05, 3.63) is 18.3 Å². The van der Waals surface area contributed by atoms with Crippen molar-refractivity contribution in [2.24, 2.45) is 11.7 Å². The van der Waals surface area contributed by atoms with Gasteiger partial charge in [-0.25, -0.2) is 13.4 Å². The summed E-state index contributed by atoms with van der Waals surface area (Å²) in [5, 5.41) is 2.92. The highest BCUT2D eigenvalue weighted by Crippen LogP contribution is 2.14. The molecule has 1 atom stereocenters. The second-order valence-corrected chi connectivity index (χ2v) is 6.37. The maximum absolute atomic E-state index is 12.2. The first-order chi connectivity index (χ1) is 9.27. The Kier molecular flexibility index (Phi) is 5.46. The molecule has 1 aromatic rings. The zero-order valence-electron chi connectivity index (χ0n) is 11.8. The van der Waals surface area contributed by atoms with E-state index < -0.39 is 22.0 Å². The van der Waals surface area contributed by atoms with Crippen LogP contribution >= 0.6 is 0 Å². The van der Waals surface area contributed by atoms with Crippen LogP contribution in [0.15, 0.2) is 23.2 Å². The van der Waals surface area contributed by atoms with Gasteiger partial charge in [0.25, 0.3) is 0 Å². The molecule has 4 N–H and O–H groups in total. The van der Waals surface area contributed by atoms with Crippen LogP contribution in [0.1, 0.15) is 20.8 Å². The van der Waals surface area contributed by atoms with Crippen LogP contribution in [-0.2, 0) is 14.8 Å². The van der Waals surface area contributed by atoms with Crippen LogP contribution in [0.4, 0.5) is 5.82 Å². The zero-order valence-corrected chi connectivity index (χ0v) is 12.6. The Morgan fingerprint density at radius 3 is 2.60 bits per heavy atom. The minimum absolute atomic E-state index is 0.0374. The molecule has 1 rings (SSSR count). The monoisotopic (exact) mass is 300 g/mol. The van der Waals surface area contributed by atoms with E-state index in [1.54, 1.807) is 13.8 Å². The van der Waals surface area contributed by atoms with Gasteiger partial charge in [0, 0.05) is 18.8 Å². The van der Waals surface area contributed by atoms with Gasteiger partial charge >= 0.3 is 0 Å². The number of nitrogens with one attached hydrogen (secondary N) is 2. The van der Waals surface area contributed by atoms with E-state index >= 15 is 0 Å². The fourth-order valence-corrected chi connectivity index (χ4v) is 2.98. The summed E-state index contributed by atoms with van der Waals surface area (Å²) in [5.41, 5.74) is 5.21. The van der Waals surface area contributed by atoms with Crippen LogP contribution < -0.4 is 15.8 Å². The minimum atomic E-state index is -3.82. The van der Waals surface area contributed by atoms with E-state index in [2.05, 4.69) is 15.0 Å². The molecule has 0 aromatic carbocycles. The Labute approximate surface area is 119 Å². The van der Waals surface area contributed by atoms with Crippen molar-refractivity contribution in [3.63, 3.8) is 0 Å². The minimum Gasteiger partial charge on any atom is -0.370 e. The second kappa shape index (κ2) is 6.67. The summed E-state index contributed by atoms with van der Waals surface area (Å²) in [7, 11) is -3.82. The SMILES string of the molecule is CCNc1cc(S(=O)(=O)NC(C(N)=O)C(C)C)ccn1. The first-order valence-electron chi connectivity index (χ1n) is 6.29. The quantitative estimate of drug-likeness (QED) is 0.670. The summed E-state index contributed by atoms with van der Waals surface area (Å²) in [6.07, 6.45) is 1.39. The third-order valence-electron chi connectivity index (χ3n) is 2.65. The van der Waals surface area contributed by atoms with Crippen LogP contribution in [0.2, 0.25) is 0 Å². The van der Waals surface area contributed by atoms with E-state index in [4.69, 9.17) is 5.73 Å². The highest BCUT2D eigenvalue weighted by atomic mass is 32.2. The molecule has 1 amide bonds. The molecule has 1 heterocycles. The van der Waals surface area contributed by atoms with Crippen LogP contribution in [0, 0.1) is 5.92 Å². The lowest BCUT2D eigenvalue weighted by Crippen LogP contribution is -2.47. The molecule has 8 heteroatoms. The molecule has 0 aliphatic carbocycles. The molecule has 7 nitrogen and oxygen atoms in total. The van der Waals surface area contributed by atoms with Gasteiger partial charge in [0.05, 0.1) is 4.90 Å². The van der Waals surface area contributed by atoms with E-state index in [-0.39, 0.29) is 10.8 Å². The first kappa shape index (κ1) is 16.4. The van der Waals surface area contributed by atoms with Gasteiger partial charge < -0.3 is 11.1 Å². The Balaban J connectivity index is 3.04. The van der Waals surface area contributed by atoms with Crippen LogP contribution in [0.3, 0.4) is 0 Å². The van der Waals surface area contributed by atoms with Crippen molar-refractivity contribution >= 4 is 21.7 Å². The van der Waals surface area contributed by atoms with Gasteiger partial charge in [0.15, 0.2) is 0 Å². The van der Waals surface area contributed by atoms with Crippen molar-refractivity contribution < 1.29 is 13.2 Å². The van der Waals surface area contributed by atoms with Crippen molar-refractivity contribution in [2.75, 3.05) is 11.9 Å². The number of nitrogens with zero attached hydrogens (tertiary/aromatic N) is 1. The van der Waals surface area contributed by atoms with Gasteiger partial charge in [-0.1, -0.05) is 13.8 Å². The van der Waals surface area contributed by atoms with E-state index in [1.807, 2.05) is 6.92 Å². The smallest absolute Gasteiger partial charge is 0.241 e. The summed E-state index contributed by atoms with van der Waals surface area (Å²) in [5.74, 6) is -0.488. The first-order valence-corrected chi connectivity index (χ1v) is 7.77. The van der Waals surface area contributed by atoms with Crippen LogP contribution in [0.5, 0.6) is 0 Å². The molecule has 0 bridgehead atoms. The molecular formula is C12H20N4O3S. The number of amides is 1. The summed E-state index contributed by atoms with van der Waals surface area (Å²) >= 11 is 0. The number of hydrogen-bond donors (Lipinski definition) is 3. The lowest BCUT2D eigenvalue weighted by molar-refractivity contribution is -0.120. The number of pyridine rings is 1. The molecule has 112 valence electrons. The average molecular weight is 300 g/mol. The average Bonchev–Trinajstić information content (AvgIpc) is 2.36. The standard InChI is InChI=1S/C12H20N4O3S/c1-4-14-10-7-9(5-6-15-10)20(18,19)16-11(8(2)3)12(13)17/h5-8,11,16H,4H2,1-3H3,(H2,13,17)(H,14,15). The second-order valence-electron chi connectivity index (χ2n) is 4.65. The number of primary amides is 1. The number of hydrogen-bond acceptors (Lipinski definition) is 5. The summed E-state index contributed by atoms with van der Waals surface area (Å²) in [6, 6.07) is 1.82. The molecule has 0 fully saturated rings. The topological polar surface area (TPSA) is 114 Å². The molecule has 0 aliphatic rings. The molecule has 0 spiro atoms. The fraction of sp³-hybridized carbons (Fsp3) is 0.500. The van der Waals surface area contributed by atoms with E-state index in [1.165, 1.54) is 18.3 Å². The van der Waals surface area contributed by atoms with Gasteiger partial charge in [0.2, 0.25) is 15.9 Å². The lowest BCUT2D eigenvalue weighted by Gasteiger charge is -2.19. The number of rotatable bonds is 7. The Bertz CT molecular complexity index is 572. The molecule has 0 saturated carbocycles. The maximum Gasteiger partial charge on any atom is 0.241 e. The van der Waals surface area contributed by atoms with Gasteiger partial charge in [0.1, 0.15) is 11.9 Å². The zero-order chi connectivity index (χ0) is 15.3. The largest absolute Gasteiger partial charge is 0.370 e. The van der Waals surface area contributed by atoms with E-state index in [0.29, 0.717) is 12.4 Å².